The molecule has 0 bridgehead atoms. The Morgan fingerprint density at radius 3 is 2.60 bits per heavy atom. The minimum atomic E-state index is -0.270. The van der Waals surface area contributed by atoms with Gasteiger partial charge in [0.2, 0.25) is 5.91 Å². The van der Waals surface area contributed by atoms with Gasteiger partial charge in [-0.1, -0.05) is 30.3 Å². The van der Waals surface area contributed by atoms with Crippen molar-refractivity contribution in [1.82, 2.24) is 4.90 Å². The average Bonchev–Trinajstić information content (AvgIpc) is 3.07. The van der Waals surface area contributed by atoms with Crippen molar-refractivity contribution in [3.05, 3.63) is 64.2 Å². The normalized spacial score (nSPS) is 19.3. The summed E-state index contributed by atoms with van der Waals surface area (Å²) in [4.78, 5) is 14.2. The molecule has 0 radical (unpaired) electrons. The van der Waals surface area contributed by atoms with Gasteiger partial charge in [0, 0.05) is 18.7 Å². The van der Waals surface area contributed by atoms with Gasteiger partial charge >= 0.3 is 0 Å². The Balaban J connectivity index is 1.66. The monoisotopic (exact) mass is 336 g/mol. The Bertz CT molecular complexity index is 816. The van der Waals surface area contributed by atoms with E-state index in [0.717, 1.165) is 30.7 Å². The fourth-order valence-corrected chi connectivity index (χ4v) is 4.21. The third-order valence-electron chi connectivity index (χ3n) is 5.54. The second-order valence-electron chi connectivity index (χ2n) is 7.08. The summed E-state index contributed by atoms with van der Waals surface area (Å²) in [7, 11) is 1.72. The molecule has 2 aliphatic rings. The molecule has 0 fully saturated rings. The highest BCUT2D eigenvalue weighted by molar-refractivity contribution is 5.80. The maximum atomic E-state index is 12.1. The topological polar surface area (TPSA) is 55.6 Å². The number of aryl methyl sites for hydroxylation is 2. The number of methoxy groups -OCH3 is 1. The average molecular weight is 336 g/mol. The molecule has 0 spiro atoms. The molecule has 4 heteroatoms. The Hall–Kier alpha value is -2.33. The fraction of sp³-hybridized carbons (Fsp3) is 0.381. The summed E-state index contributed by atoms with van der Waals surface area (Å²) in [5, 5.41) is 0. The number of carbonyl (C=O) groups is 1. The zero-order valence-corrected chi connectivity index (χ0v) is 14.6. The van der Waals surface area contributed by atoms with Gasteiger partial charge in [0.15, 0.2) is 0 Å². The summed E-state index contributed by atoms with van der Waals surface area (Å²) >= 11 is 0. The molecular formula is C21H24N2O2. The number of hydrogen-bond acceptors (Lipinski definition) is 3. The third-order valence-corrected chi connectivity index (χ3v) is 5.54. The van der Waals surface area contributed by atoms with Crippen molar-refractivity contribution in [2.75, 3.05) is 7.11 Å². The SMILES string of the molecule is COc1cc2c(cc1CN1Cc3ccccc3C[C@@H]1C(N)=O)CCC2. The number of carbonyl (C=O) groups excluding carboxylic acids is 1. The number of nitrogens with two attached hydrogens (primary N) is 1. The number of amides is 1. The quantitative estimate of drug-likeness (QED) is 0.934. The van der Waals surface area contributed by atoms with Gasteiger partial charge < -0.3 is 10.5 Å². The van der Waals surface area contributed by atoms with Crippen molar-refractivity contribution < 1.29 is 9.53 Å². The summed E-state index contributed by atoms with van der Waals surface area (Å²) in [5.74, 6) is 0.664. The van der Waals surface area contributed by atoms with E-state index in [-0.39, 0.29) is 11.9 Å². The number of fused-ring (bicyclic) bond motifs is 2. The van der Waals surface area contributed by atoms with Gasteiger partial charge in [0.25, 0.3) is 0 Å². The zero-order chi connectivity index (χ0) is 17.4. The highest BCUT2D eigenvalue weighted by atomic mass is 16.5. The number of nitrogens with zero attached hydrogens (tertiary/aromatic N) is 1. The second kappa shape index (κ2) is 6.52. The van der Waals surface area contributed by atoms with Gasteiger partial charge in [-0.05, 0) is 54.0 Å². The summed E-state index contributed by atoms with van der Waals surface area (Å²) in [6.07, 6.45) is 4.16. The van der Waals surface area contributed by atoms with Gasteiger partial charge in [-0.25, -0.2) is 0 Å². The van der Waals surface area contributed by atoms with Crippen LogP contribution in [0.2, 0.25) is 0 Å². The molecule has 1 atom stereocenters. The number of rotatable bonds is 4. The lowest BCUT2D eigenvalue weighted by atomic mass is 9.93. The number of ether oxygens (including phenoxy) is 1. The van der Waals surface area contributed by atoms with Crippen molar-refractivity contribution in [2.24, 2.45) is 5.73 Å². The number of benzene rings is 2. The fourth-order valence-electron chi connectivity index (χ4n) is 4.21. The van der Waals surface area contributed by atoms with E-state index in [9.17, 15) is 4.79 Å². The maximum absolute atomic E-state index is 12.1. The van der Waals surface area contributed by atoms with E-state index < -0.39 is 0 Å². The van der Waals surface area contributed by atoms with Gasteiger partial charge in [-0.2, -0.15) is 0 Å². The third kappa shape index (κ3) is 3.02. The highest BCUT2D eigenvalue weighted by Crippen LogP contribution is 2.32. The van der Waals surface area contributed by atoms with E-state index in [1.54, 1.807) is 7.11 Å². The van der Waals surface area contributed by atoms with Crippen LogP contribution in [0.3, 0.4) is 0 Å². The first kappa shape index (κ1) is 16.2. The number of hydrogen-bond donors (Lipinski definition) is 1. The minimum Gasteiger partial charge on any atom is -0.496 e. The van der Waals surface area contributed by atoms with E-state index in [4.69, 9.17) is 10.5 Å². The lowest BCUT2D eigenvalue weighted by Crippen LogP contribution is -2.48. The first-order chi connectivity index (χ1) is 12.2. The molecule has 2 aromatic rings. The summed E-state index contributed by atoms with van der Waals surface area (Å²) in [6.45, 7) is 1.42. The second-order valence-corrected chi connectivity index (χ2v) is 7.08. The van der Waals surface area contributed by atoms with E-state index in [0.29, 0.717) is 13.0 Å². The Morgan fingerprint density at radius 1 is 1.16 bits per heavy atom. The van der Waals surface area contributed by atoms with Crippen LogP contribution < -0.4 is 10.5 Å². The lowest BCUT2D eigenvalue weighted by molar-refractivity contribution is -0.124. The van der Waals surface area contributed by atoms with Crippen molar-refractivity contribution >= 4 is 5.91 Å². The summed E-state index contributed by atoms with van der Waals surface area (Å²) in [6, 6.07) is 12.5. The van der Waals surface area contributed by atoms with Gasteiger partial charge in [0.05, 0.1) is 13.2 Å². The van der Waals surface area contributed by atoms with Crippen molar-refractivity contribution in [3.8, 4) is 5.75 Å². The molecule has 1 amide bonds. The van der Waals surface area contributed by atoms with Gasteiger partial charge in [0.1, 0.15) is 5.75 Å². The van der Waals surface area contributed by atoms with Crippen LogP contribution in [0.4, 0.5) is 0 Å². The molecule has 0 saturated heterocycles. The van der Waals surface area contributed by atoms with Crippen LogP contribution in [0, 0.1) is 0 Å². The first-order valence-corrected chi connectivity index (χ1v) is 8.94. The number of primary amides is 1. The highest BCUT2D eigenvalue weighted by Gasteiger charge is 2.30. The molecule has 0 saturated carbocycles. The van der Waals surface area contributed by atoms with Gasteiger partial charge in [-0.15, -0.1) is 0 Å². The van der Waals surface area contributed by atoms with Crippen LogP contribution in [0.15, 0.2) is 36.4 Å². The van der Waals surface area contributed by atoms with E-state index >= 15 is 0 Å². The standard InChI is InChI=1S/C21H24N2O2/c1-25-20-11-16-8-4-7-14(16)9-18(20)13-23-12-17-6-3-2-5-15(17)10-19(23)21(22)24/h2-3,5-6,9,11,19H,4,7-8,10,12-13H2,1H3,(H2,22,24)/t19-/m1/s1. The summed E-state index contributed by atoms with van der Waals surface area (Å²) in [5.41, 5.74) is 12.2. The van der Waals surface area contributed by atoms with E-state index in [1.165, 1.54) is 28.7 Å². The molecule has 1 aliphatic carbocycles. The Kier molecular flexibility index (Phi) is 4.22. The van der Waals surface area contributed by atoms with Crippen molar-refractivity contribution in [3.63, 3.8) is 0 Å². The van der Waals surface area contributed by atoms with Crippen LogP contribution in [0.5, 0.6) is 5.75 Å². The molecule has 4 rings (SSSR count). The molecule has 2 aromatic carbocycles. The van der Waals surface area contributed by atoms with Crippen molar-refractivity contribution in [2.45, 2.75) is 44.8 Å². The molecule has 2 N–H and O–H groups in total. The maximum Gasteiger partial charge on any atom is 0.235 e. The Labute approximate surface area is 148 Å². The van der Waals surface area contributed by atoms with Crippen LogP contribution in [-0.2, 0) is 37.1 Å². The first-order valence-electron chi connectivity index (χ1n) is 8.94. The van der Waals surface area contributed by atoms with E-state index in [1.807, 2.05) is 6.07 Å². The van der Waals surface area contributed by atoms with Crippen LogP contribution in [0.25, 0.3) is 0 Å². The Morgan fingerprint density at radius 2 is 1.88 bits per heavy atom. The molecule has 130 valence electrons. The predicted molar refractivity (Wildman–Crippen MR) is 97.4 cm³/mol. The van der Waals surface area contributed by atoms with Gasteiger partial charge in [-0.3, -0.25) is 9.69 Å². The molecule has 0 unspecified atom stereocenters. The van der Waals surface area contributed by atoms with Crippen LogP contribution in [0.1, 0.15) is 34.2 Å². The molecule has 0 aromatic heterocycles. The zero-order valence-electron chi connectivity index (χ0n) is 14.6. The minimum absolute atomic E-state index is 0.255. The summed E-state index contributed by atoms with van der Waals surface area (Å²) < 4.78 is 5.63. The molecule has 25 heavy (non-hydrogen) atoms. The molecular weight excluding hydrogens is 312 g/mol. The molecule has 4 nitrogen and oxygen atoms in total. The van der Waals surface area contributed by atoms with E-state index in [2.05, 4.69) is 35.2 Å². The van der Waals surface area contributed by atoms with Crippen molar-refractivity contribution in [1.29, 1.82) is 0 Å². The van der Waals surface area contributed by atoms with Crippen LogP contribution in [-0.4, -0.2) is 24.0 Å². The lowest BCUT2D eigenvalue weighted by Gasteiger charge is -2.35. The molecule has 1 aliphatic heterocycles. The van der Waals surface area contributed by atoms with Crippen LogP contribution >= 0.6 is 0 Å². The largest absolute Gasteiger partial charge is 0.496 e. The molecule has 1 heterocycles. The smallest absolute Gasteiger partial charge is 0.235 e. The predicted octanol–water partition coefficient (Wildman–Crippen LogP) is 2.60.